The van der Waals surface area contributed by atoms with Crippen molar-refractivity contribution in [3.8, 4) is 21.9 Å². The van der Waals surface area contributed by atoms with Crippen molar-refractivity contribution in [2.24, 2.45) is 0 Å². The number of hydrogen-bond acceptors (Lipinski definition) is 6. The fraction of sp³-hybridized carbons (Fsp3) is 0.368. The van der Waals surface area contributed by atoms with E-state index in [2.05, 4.69) is 4.74 Å². The lowest BCUT2D eigenvalue weighted by molar-refractivity contribution is -0.153. The van der Waals surface area contributed by atoms with Crippen LogP contribution in [0.15, 0.2) is 30.3 Å². The van der Waals surface area contributed by atoms with Crippen molar-refractivity contribution in [3.05, 3.63) is 35.2 Å². The first-order valence-electron chi connectivity index (χ1n) is 8.78. The van der Waals surface area contributed by atoms with Gasteiger partial charge >= 0.3 is 12.1 Å². The van der Waals surface area contributed by atoms with Gasteiger partial charge in [0.15, 0.2) is 11.5 Å². The molecule has 1 aromatic heterocycles. The van der Waals surface area contributed by atoms with Crippen LogP contribution in [-0.4, -0.2) is 55.9 Å². The van der Waals surface area contributed by atoms with Gasteiger partial charge in [-0.2, -0.15) is 13.2 Å². The van der Waals surface area contributed by atoms with E-state index in [0.29, 0.717) is 34.5 Å². The Bertz CT molecular complexity index is 896. The molecule has 3 rings (SSSR count). The molecule has 1 aliphatic rings. The molecular formula is C19H18F3NO5S. The molecule has 6 nitrogen and oxygen atoms in total. The Labute approximate surface area is 168 Å². The van der Waals surface area contributed by atoms with Crippen LogP contribution in [0.5, 0.6) is 11.5 Å². The van der Waals surface area contributed by atoms with E-state index in [0.717, 1.165) is 16.9 Å². The van der Waals surface area contributed by atoms with Crippen LogP contribution in [-0.2, 0) is 9.53 Å². The molecule has 0 atom stereocenters. The van der Waals surface area contributed by atoms with E-state index in [-0.39, 0.29) is 11.5 Å². The highest BCUT2D eigenvalue weighted by molar-refractivity contribution is 7.17. The third kappa shape index (κ3) is 5.41. The normalized spacial score (nSPS) is 13.1. The lowest BCUT2D eigenvalue weighted by Crippen LogP contribution is -2.42. The number of esters is 1. The number of halogens is 3. The summed E-state index contributed by atoms with van der Waals surface area (Å²) in [6.45, 7) is 0.114. The number of ether oxygens (including phenoxy) is 3. The molecular weight excluding hydrogens is 411 g/mol. The zero-order valence-corrected chi connectivity index (χ0v) is 16.3. The highest BCUT2D eigenvalue weighted by Crippen LogP contribution is 2.37. The molecule has 2 heterocycles. The van der Waals surface area contributed by atoms with Crippen molar-refractivity contribution < 1.29 is 37.0 Å². The van der Waals surface area contributed by atoms with Crippen molar-refractivity contribution in [2.45, 2.75) is 13.1 Å². The summed E-state index contributed by atoms with van der Waals surface area (Å²) >= 11 is 1.03. The van der Waals surface area contributed by atoms with Crippen molar-refractivity contribution in [2.75, 3.05) is 32.9 Å². The smallest absolute Gasteiger partial charge is 0.406 e. The van der Waals surface area contributed by atoms with E-state index in [4.69, 9.17) is 9.47 Å². The Balaban J connectivity index is 1.80. The molecule has 10 heteroatoms. The molecule has 1 amide bonds. The predicted octanol–water partition coefficient (Wildman–Crippen LogP) is 3.75. The van der Waals surface area contributed by atoms with E-state index in [1.54, 1.807) is 24.3 Å². The van der Waals surface area contributed by atoms with Gasteiger partial charge in [-0.05, 0) is 42.8 Å². The number of rotatable bonds is 6. The maximum Gasteiger partial charge on any atom is 0.406 e. The summed E-state index contributed by atoms with van der Waals surface area (Å²) < 4.78 is 54.3. The molecule has 0 saturated carbocycles. The summed E-state index contributed by atoms with van der Waals surface area (Å²) in [6.07, 6.45) is -4.64. The number of thiophene rings is 1. The minimum Gasteiger partial charge on any atom is -0.486 e. The van der Waals surface area contributed by atoms with E-state index in [1.807, 2.05) is 0 Å². The summed E-state index contributed by atoms with van der Waals surface area (Å²) in [6, 6.07) is 8.34. The molecule has 0 saturated heterocycles. The van der Waals surface area contributed by atoms with Crippen molar-refractivity contribution >= 4 is 23.2 Å². The number of hydrogen-bond donors (Lipinski definition) is 0. The fourth-order valence-corrected chi connectivity index (χ4v) is 3.71. The van der Waals surface area contributed by atoms with Gasteiger partial charge in [-0.1, -0.05) is 0 Å². The molecule has 0 radical (unpaired) electrons. The van der Waals surface area contributed by atoms with Crippen molar-refractivity contribution in [1.82, 2.24) is 4.90 Å². The number of amides is 1. The van der Waals surface area contributed by atoms with Crippen molar-refractivity contribution in [1.29, 1.82) is 0 Å². The van der Waals surface area contributed by atoms with Gasteiger partial charge in [-0.3, -0.25) is 9.59 Å². The molecule has 1 aromatic carbocycles. The quantitative estimate of drug-likeness (QED) is 0.655. The Morgan fingerprint density at radius 2 is 1.86 bits per heavy atom. The monoisotopic (exact) mass is 429 g/mol. The Morgan fingerprint density at radius 1 is 1.14 bits per heavy atom. The molecule has 0 aliphatic carbocycles. The SMILES string of the molecule is CCOC(=O)CN(CC(F)(F)F)C(=O)c1ccc(-c2ccc3c(c2)OCCO3)s1. The van der Waals surface area contributed by atoms with Gasteiger partial charge in [-0.15, -0.1) is 11.3 Å². The number of carbonyl (C=O) groups is 2. The lowest BCUT2D eigenvalue weighted by Gasteiger charge is -2.22. The van der Waals surface area contributed by atoms with E-state index >= 15 is 0 Å². The molecule has 0 bridgehead atoms. The number of carbonyl (C=O) groups excluding carboxylic acids is 2. The maximum absolute atomic E-state index is 12.9. The van der Waals surface area contributed by atoms with Gasteiger partial charge < -0.3 is 19.1 Å². The third-order valence-electron chi connectivity index (χ3n) is 3.93. The third-order valence-corrected chi connectivity index (χ3v) is 5.05. The van der Waals surface area contributed by atoms with Crippen LogP contribution in [0.3, 0.4) is 0 Å². The van der Waals surface area contributed by atoms with Gasteiger partial charge in [0, 0.05) is 4.88 Å². The first kappa shape index (κ1) is 21.0. The minimum atomic E-state index is -4.64. The number of alkyl halides is 3. The largest absolute Gasteiger partial charge is 0.486 e. The van der Waals surface area contributed by atoms with E-state index in [9.17, 15) is 22.8 Å². The predicted molar refractivity (Wildman–Crippen MR) is 99.3 cm³/mol. The van der Waals surface area contributed by atoms with Crippen LogP contribution in [0, 0.1) is 0 Å². The first-order chi connectivity index (χ1) is 13.8. The van der Waals surface area contributed by atoms with Gasteiger partial charge in [0.1, 0.15) is 26.3 Å². The minimum absolute atomic E-state index is 0.0140. The average Bonchev–Trinajstić information content (AvgIpc) is 3.16. The molecule has 0 spiro atoms. The van der Waals surface area contributed by atoms with Crippen LogP contribution >= 0.6 is 11.3 Å². The van der Waals surface area contributed by atoms with Crippen LogP contribution < -0.4 is 9.47 Å². The Kier molecular flexibility index (Phi) is 6.31. The number of nitrogens with zero attached hydrogens (tertiary/aromatic N) is 1. The number of fused-ring (bicyclic) bond motifs is 1. The zero-order chi connectivity index (χ0) is 21.0. The van der Waals surface area contributed by atoms with Crippen LogP contribution in [0.2, 0.25) is 0 Å². The highest BCUT2D eigenvalue weighted by Gasteiger charge is 2.35. The van der Waals surface area contributed by atoms with Gasteiger partial charge in [-0.25, -0.2) is 0 Å². The van der Waals surface area contributed by atoms with Gasteiger partial charge in [0.05, 0.1) is 11.5 Å². The van der Waals surface area contributed by atoms with E-state index < -0.39 is 31.1 Å². The average molecular weight is 429 g/mol. The molecule has 2 aromatic rings. The second kappa shape index (κ2) is 8.73. The molecule has 0 unspecified atom stereocenters. The topological polar surface area (TPSA) is 65.1 Å². The summed E-state index contributed by atoms with van der Waals surface area (Å²) in [4.78, 5) is 25.5. The van der Waals surface area contributed by atoms with Crippen molar-refractivity contribution in [3.63, 3.8) is 0 Å². The Hall–Kier alpha value is -2.75. The zero-order valence-electron chi connectivity index (χ0n) is 15.5. The van der Waals surface area contributed by atoms with Crippen LogP contribution in [0.25, 0.3) is 10.4 Å². The second-order valence-corrected chi connectivity index (χ2v) is 7.19. The second-order valence-electron chi connectivity index (χ2n) is 6.10. The molecule has 29 heavy (non-hydrogen) atoms. The summed E-state index contributed by atoms with van der Waals surface area (Å²) in [5.41, 5.74) is 0.742. The standard InChI is InChI=1S/C19H18F3NO5S/c1-2-26-17(24)10-23(11-19(20,21)22)18(25)16-6-5-15(29-16)12-3-4-13-14(9-12)28-8-7-27-13/h3-6,9H,2,7-8,10-11H2,1H3. The maximum atomic E-state index is 12.9. The molecule has 156 valence electrons. The first-order valence-corrected chi connectivity index (χ1v) is 9.60. The number of benzene rings is 1. The lowest BCUT2D eigenvalue weighted by atomic mass is 10.1. The fourth-order valence-electron chi connectivity index (χ4n) is 2.74. The summed E-state index contributed by atoms with van der Waals surface area (Å²) in [5.74, 6) is -0.604. The summed E-state index contributed by atoms with van der Waals surface area (Å²) in [7, 11) is 0. The molecule has 1 aliphatic heterocycles. The summed E-state index contributed by atoms with van der Waals surface area (Å²) in [5, 5.41) is 0. The Morgan fingerprint density at radius 3 is 2.55 bits per heavy atom. The van der Waals surface area contributed by atoms with Gasteiger partial charge in [0.2, 0.25) is 0 Å². The van der Waals surface area contributed by atoms with Gasteiger partial charge in [0.25, 0.3) is 5.91 Å². The molecule has 0 N–H and O–H groups in total. The van der Waals surface area contributed by atoms with Crippen LogP contribution in [0.1, 0.15) is 16.6 Å². The molecule has 0 fully saturated rings. The van der Waals surface area contributed by atoms with E-state index in [1.165, 1.54) is 13.0 Å². The highest BCUT2D eigenvalue weighted by atomic mass is 32.1. The van der Waals surface area contributed by atoms with Crippen LogP contribution in [0.4, 0.5) is 13.2 Å².